The summed E-state index contributed by atoms with van der Waals surface area (Å²) in [6.45, 7) is 3.97. The van der Waals surface area contributed by atoms with Crippen LogP contribution in [0.5, 0.6) is 0 Å². The summed E-state index contributed by atoms with van der Waals surface area (Å²) in [5.74, 6) is 0.886. The molecule has 2 rings (SSSR count). The lowest BCUT2D eigenvalue weighted by Gasteiger charge is -2.36. The quantitative estimate of drug-likeness (QED) is 0.723. The lowest BCUT2D eigenvalue weighted by molar-refractivity contribution is -0.153. The summed E-state index contributed by atoms with van der Waals surface area (Å²) >= 11 is 3.43. The minimum Gasteiger partial charge on any atom is -0.332 e. The van der Waals surface area contributed by atoms with Crippen molar-refractivity contribution in [2.75, 3.05) is 25.0 Å². The first-order valence-electron chi connectivity index (χ1n) is 6.77. The van der Waals surface area contributed by atoms with Crippen LogP contribution in [-0.4, -0.2) is 52.6 Å². The third-order valence-corrected chi connectivity index (χ3v) is 4.45. The Morgan fingerprint density at radius 3 is 2.89 bits per heavy atom. The van der Waals surface area contributed by atoms with E-state index in [9.17, 15) is 9.59 Å². The van der Waals surface area contributed by atoms with Crippen molar-refractivity contribution in [3.63, 3.8) is 0 Å². The van der Waals surface area contributed by atoms with Crippen LogP contribution >= 0.6 is 15.9 Å². The predicted octanol–water partition coefficient (Wildman–Crippen LogP) is 1.63. The van der Waals surface area contributed by atoms with Crippen LogP contribution in [0, 0.1) is 5.92 Å². The van der Waals surface area contributed by atoms with Gasteiger partial charge in [0.25, 0.3) is 0 Å². The fraction of sp³-hybridized carbons (Fsp3) is 0.846. The maximum Gasteiger partial charge on any atom is 0.245 e. The number of piperazine rings is 1. The third kappa shape index (κ3) is 2.87. The summed E-state index contributed by atoms with van der Waals surface area (Å²) in [4.78, 5) is 27.7. The molecule has 5 heteroatoms. The molecule has 0 spiro atoms. The normalized spacial score (nSPS) is 25.6. The number of amides is 2. The fourth-order valence-electron chi connectivity index (χ4n) is 2.76. The van der Waals surface area contributed by atoms with Gasteiger partial charge >= 0.3 is 0 Å². The van der Waals surface area contributed by atoms with E-state index in [1.807, 2.05) is 0 Å². The molecule has 2 amide bonds. The summed E-state index contributed by atoms with van der Waals surface area (Å²) in [6.07, 6.45) is 3.91. The van der Waals surface area contributed by atoms with Gasteiger partial charge in [-0.3, -0.25) is 9.59 Å². The van der Waals surface area contributed by atoms with Gasteiger partial charge in [0, 0.05) is 18.4 Å². The number of carbonyl (C=O) groups is 2. The number of hydrogen-bond donors (Lipinski definition) is 0. The van der Waals surface area contributed by atoms with Crippen LogP contribution < -0.4 is 0 Å². The molecule has 2 heterocycles. The van der Waals surface area contributed by atoms with Crippen molar-refractivity contribution in [1.82, 2.24) is 9.80 Å². The van der Waals surface area contributed by atoms with Crippen molar-refractivity contribution in [1.29, 1.82) is 0 Å². The molecule has 2 aliphatic rings. The highest BCUT2D eigenvalue weighted by atomic mass is 79.9. The number of alkyl halides is 1. The molecule has 2 fully saturated rings. The van der Waals surface area contributed by atoms with Crippen molar-refractivity contribution < 1.29 is 9.59 Å². The Morgan fingerprint density at radius 2 is 2.17 bits per heavy atom. The lowest BCUT2D eigenvalue weighted by Crippen LogP contribution is -2.57. The second kappa shape index (κ2) is 6.04. The molecule has 0 aromatic carbocycles. The molecule has 0 radical (unpaired) electrons. The van der Waals surface area contributed by atoms with Crippen LogP contribution in [0.3, 0.4) is 0 Å². The molecule has 18 heavy (non-hydrogen) atoms. The van der Waals surface area contributed by atoms with E-state index in [0.29, 0.717) is 5.92 Å². The highest BCUT2D eigenvalue weighted by Gasteiger charge is 2.41. The number of fused-ring (bicyclic) bond motifs is 1. The van der Waals surface area contributed by atoms with Crippen molar-refractivity contribution in [2.24, 2.45) is 5.92 Å². The highest BCUT2D eigenvalue weighted by Crippen LogP contribution is 2.24. The number of rotatable bonds is 5. The van der Waals surface area contributed by atoms with Crippen molar-refractivity contribution >= 4 is 27.7 Å². The minimum atomic E-state index is -0.155. The van der Waals surface area contributed by atoms with E-state index in [-0.39, 0.29) is 24.4 Å². The Kier molecular flexibility index (Phi) is 4.65. The van der Waals surface area contributed by atoms with Gasteiger partial charge < -0.3 is 9.80 Å². The molecule has 0 aliphatic carbocycles. The van der Waals surface area contributed by atoms with Crippen LogP contribution in [0.25, 0.3) is 0 Å². The SMILES string of the molecule is CC(CCBr)CCN1CC(=O)N2CCCC2C1=O. The topological polar surface area (TPSA) is 40.6 Å². The third-order valence-electron chi connectivity index (χ3n) is 3.99. The van der Waals surface area contributed by atoms with E-state index in [1.165, 1.54) is 0 Å². The zero-order valence-corrected chi connectivity index (χ0v) is 12.5. The molecule has 4 nitrogen and oxygen atoms in total. The van der Waals surface area contributed by atoms with Crippen molar-refractivity contribution in [2.45, 2.75) is 38.6 Å². The predicted molar refractivity (Wildman–Crippen MR) is 73.5 cm³/mol. The molecule has 0 aromatic rings. The van der Waals surface area contributed by atoms with E-state index >= 15 is 0 Å². The van der Waals surface area contributed by atoms with Crippen LogP contribution in [0.4, 0.5) is 0 Å². The molecule has 0 bridgehead atoms. The molecule has 102 valence electrons. The standard InChI is InChI=1S/C13H21BrN2O2/c1-10(4-6-14)5-8-15-9-12(17)16-7-2-3-11(16)13(15)18/h10-11H,2-9H2,1H3. The lowest BCUT2D eigenvalue weighted by atomic mass is 10.0. The van der Waals surface area contributed by atoms with Crippen LogP contribution in [-0.2, 0) is 9.59 Å². The maximum absolute atomic E-state index is 12.2. The van der Waals surface area contributed by atoms with Gasteiger partial charge in [-0.05, 0) is 31.6 Å². The zero-order valence-electron chi connectivity index (χ0n) is 10.9. The minimum absolute atomic E-state index is 0.130. The van der Waals surface area contributed by atoms with E-state index in [4.69, 9.17) is 0 Å². The van der Waals surface area contributed by atoms with Gasteiger partial charge in [0.05, 0.1) is 6.54 Å². The molecule has 2 saturated heterocycles. The first-order valence-corrected chi connectivity index (χ1v) is 7.90. The molecule has 2 atom stereocenters. The van der Waals surface area contributed by atoms with Gasteiger partial charge in [-0.25, -0.2) is 0 Å². The largest absolute Gasteiger partial charge is 0.332 e. The van der Waals surface area contributed by atoms with Gasteiger partial charge in [-0.1, -0.05) is 22.9 Å². The number of nitrogens with zero attached hydrogens (tertiary/aromatic N) is 2. The summed E-state index contributed by atoms with van der Waals surface area (Å²) in [5, 5.41) is 0.997. The molecule has 0 N–H and O–H groups in total. The first-order chi connectivity index (χ1) is 8.63. The second-order valence-corrected chi connectivity index (χ2v) is 6.17. The number of carbonyl (C=O) groups excluding carboxylic acids is 2. The Hall–Kier alpha value is -0.580. The Labute approximate surface area is 117 Å². The molecular weight excluding hydrogens is 296 g/mol. The zero-order chi connectivity index (χ0) is 13.1. The van der Waals surface area contributed by atoms with Crippen molar-refractivity contribution in [3.8, 4) is 0 Å². The van der Waals surface area contributed by atoms with Crippen LogP contribution in [0.2, 0.25) is 0 Å². The molecule has 0 aromatic heterocycles. The summed E-state index contributed by atoms with van der Waals surface area (Å²) in [6, 6.07) is -0.155. The van der Waals surface area contributed by atoms with Gasteiger partial charge in [-0.15, -0.1) is 0 Å². The molecular formula is C13H21BrN2O2. The maximum atomic E-state index is 12.2. The van der Waals surface area contributed by atoms with Crippen LogP contribution in [0.15, 0.2) is 0 Å². The molecule has 2 aliphatic heterocycles. The molecule has 2 unspecified atom stereocenters. The molecule has 0 saturated carbocycles. The Morgan fingerprint density at radius 1 is 1.39 bits per heavy atom. The van der Waals surface area contributed by atoms with E-state index in [1.54, 1.807) is 9.80 Å². The first kappa shape index (κ1) is 13.8. The van der Waals surface area contributed by atoms with E-state index in [2.05, 4.69) is 22.9 Å². The van der Waals surface area contributed by atoms with Gasteiger partial charge in [0.2, 0.25) is 11.8 Å². The van der Waals surface area contributed by atoms with E-state index in [0.717, 1.165) is 44.1 Å². The van der Waals surface area contributed by atoms with E-state index < -0.39 is 0 Å². The van der Waals surface area contributed by atoms with Gasteiger partial charge in [0.15, 0.2) is 0 Å². The van der Waals surface area contributed by atoms with Crippen molar-refractivity contribution in [3.05, 3.63) is 0 Å². The van der Waals surface area contributed by atoms with Gasteiger partial charge in [-0.2, -0.15) is 0 Å². The number of halogens is 1. The van der Waals surface area contributed by atoms with Crippen LogP contribution in [0.1, 0.15) is 32.6 Å². The Bertz CT molecular complexity index is 335. The average molecular weight is 317 g/mol. The summed E-state index contributed by atoms with van der Waals surface area (Å²) in [7, 11) is 0. The number of hydrogen-bond acceptors (Lipinski definition) is 2. The monoisotopic (exact) mass is 316 g/mol. The fourth-order valence-corrected chi connectivity index (χ4v) is 3.54. The summed E-state index contributed by atoms with van der Waals surface area (Å²) < 4.78 is 0. The van der Waals surface area contributed by atoms with Gasteiger partial charge in [0.1, 0.15) is 6.04 Å². The average Bonchev–Trinajstić information content (AvgIpc) is 2.82. The second-order valence-electron chi connectivity index (χ2n) is 5.38. The smallest absolute Gasteiger partial charge is 0.245 e. The highest BCUT2D eigenvalue weighted by molar-refractivity contribution is 9.09. The summed E-state index contributed by atoms with van der Waals surface area (Å²) in [5.41, 5.74) is 0. The Balaban J connectivity index is 1.89.